The first-order valence-electron chi connectivity index (χ1n) is 5.99. The van der Waals surface area contributed by atoms with Crippen molar-refractivity contribution >= 4 is 16.2 Å². The van der Waals surface area contributed by atoms with Crippen LogP contribution in [0.4, 0.5) is 0 Å². The van der Waals surface area contributed by atoms with E-state index in [0.717, 1.165) is 5.56 Å². The molecule has 0 aromatic heterocycles. The van der Waals surface area contributed by atoms with Gasteiger partial charge < -0.3 is 11.5 Å². The minimum absolute atomic E-state index is 0.142. The van der Waals surface area contributed by atoms with Gasteiger partial charge >= 0.3 is 0 Å². The molecule has 0 radical (unpaired) electrons. The van der Waals surface area contributed by atoms with Gasteiger partial charge in [-0.2, -0.15) is 8.42 Å². The van der Waals surface area contributed by atoms with Gasteiger partial charge in [0, 0.05) is 6.42 Å². The zero-order valence-corrected chi connectivity index (χ0v) is 11.5. The van der Waals surface area contributed by atoms with Crippen LogP contribution in [0.1, 0.15) is 12.0 Å². The highest BCUT2D eigenvalue weighted by Crippen LogP contribution is 2.27. The first kappa shape index (κ1) is 14.7. The molecule has 0 heterocycles. The van der Waals surface area contributed by atoms with Crippen LogP contribution < -0.4 is 11.5 Å². The van der Waals surface area contributed by atoms with E-state index in [1.54, 1.807) is 12.2 Å². The molecule has 1 aromatic rings. The van der Waals surface area contributed by atoms with Gasteiger partial charge in [-0.05, 0) is 17.2 Å². The van der Waals surface area contributed by atoms with Gasteiger partial charge in [0.15, 0.2) is 0 Å². The zero-order valence-electron chi connectivity index (χ0n) is 10.7. The SMILES string of the molecule is NC1(N)C=CC(C=Cc2ccccc2)=C(S(=O)(=O)O)C1. The van der Waals surface area contributed by atoms with Crippen molar-refractivity contribution in [3.05, 3.63) is 64.6 Å². The van der Waals surface area contributed by atoms with E-state index in [-0.39, 0.29) is 11.3 Å². The predicted molar refractivity (Wildman–Crippen MR) is 78.9 cm³/mol. The number of hydrogen-bond acceptors (Lipinski definition) is 4. The molecule has 5 N–H and O–H groups in total. The predicted octanol–water partition coefficient (Wildman–Crippen LogP) is 1.42. The maximum absolute atomic E-state index is 11.4. The summed E-state index contributed by atoms with van der Waals surface area (Å²) in [7, 11) is -4.33. The second-order valence-electron chi connectivity index (χ2n) is 4.72. The smallest absolute Gasteiger partial charge is 0.291 e. The minimum Gasteiger partial charge on any atom is -0.310 e. The topological polar surface area (TPSA) is 106 Å². The number of hydrogen-bond donors (Lipinski definition) is 3. The molecule has 6 heteroatoms. The molecule has 0 bridgehead atoms. The monoisotopic (exact) mass is 292 g/mol. The molecule has 0 saturated carbocycles. The summed E-state index contributed by atoms with van der Waals surface area (Å²) in [5.41, 5.74) is 11.4. The fraction of sp³-hybridized carbons (Fsp3) is 0.143. The van der Waals surface area contributed by atoms with Crippen molar-refractivity contribution in [2.45, 2.75) is 12.1 Å². The van der Waals surface area contributed by atoms with Crippen LogP contribution in [0.2, 0.25) is 0 Å². The van der Waals surface area contributed by atoms with Crippen LogP contribution in [0.3, 0.4) is 0 Å². The van der Waals surface area contributed by atoms with Crippen LogP contribution in [0.15, 0.2) is 59.0 Å². The number of allylic oxidation sites excluding steroid dienone is 3. The van der Waals surface area contributed by atoms with E-state index in [4.69, 9.17) is 11.5 Å². The van der Waals surface area contributed by atoms with E-state index in [0.29, 0.717) is 5.57 Å². The molecule has 20 heavy (non-hydrogen) atoms. The van der Waals surface area contributed by atoms with Crippen molar-refractivity contribution in [3.63, 3.8) is 0 Å². The molecule has 1 aliphatic rings. The van der Waals surface area contributed by atoms with Gasteiger partial charge in [-0.1, -0.05) is 48.6 Å². The normalized spacial score (nSPS) is 18.8. The molecule has 106 valence electrons. The minimum atomic E-state index is -4.33. The highest BCUT2D eigenvalue weighted by Gasteiger charge is 2.29. The average Bonchev–Trinajstić information content (AvgIpc) is 2.37. The molecule has 0 aliphatic heterocycles. The molecule has 0 spiro atoms. The molecular formula is C14H16N2O3S. The molecule has 0 unspecified atom stereocenters. The highest BCUT2D eigenvalue weighted by molar-refractivity contribution is 7.89. The molecule has 1 aliphatic carbocycles. The Bertz CT molecular complexity index is 686. The molecule has 0 atom stereocenters. The van der Waals surface area contributed by atoms with Crippen LogP contribution in [0.25, 0.3) is 6.08 Å². The Labute approximate surface area is 118 Å². The zero-order chi connectivity index (χ0) is 14.8. The average molecular weight is 292 g/mol. The third-order valence-corrected chi connectivity index (χ3v) is 3.93. The number of benzene rings is 1. The van der Waals surface area contributed by atoms with Crippen LogP contribution in [0.5, 0.6) is 0 Å². The van der Waals surface area contributed by atoms with Crippen LogP contribution in [0, 0.1) is 0 Å². The molecule has 5 nitrogen and oxygen atoms in total. The van der Waals surface area contributed by atoms with E-state index < -0.39 is 15.8 Å². The van der Waals surface area contributed by atoms with Gasteiger partial charge in [-0.25, -0.2) is 0 Å². The first-order chi connectivity index (χ1) is 9.28. The maximum atomic E-state index is 11.4. The Balaban J connectivity index is 2.40. The van der Waals surface area contributed by atoms with Crippen LogP contribution in [-0.4, -0.2) is 18.6 Å². The van der Waals surface area contributed by atoms with Crippen molar-refractivity contribution in [3.8, 4) is 0 Å². The fourth-order valence-electron chi connectivity index (χ4n) is 1.92. The molecule has 0 saturated heterocycles. The summed E-state index contributed by atoms with van der Waals surface area (Å²) in [5.74, 6) is 0. The van der Waals surface area contributed by atoms with Gasteiger partial charge in [0.1, 0.15) is 0 Å². The lowest BCUT2D eigenvalue weighted by Crippen LogP contribution is -2.49. The Kier molecular flexibility index (Phi) is 3.92. The molecular weight excluding hydrogens is 276 g/mol. The lowest BCUT2D eigenvalue weighted by molar-refractivity contribution is 0.477. The molecule has 1 aromatic carbocycles. The van der Waals surface area contributed by atoms with E-state index in [9.17, 15) is 13.0 Å². The molecule has 2 rings (SSSR count). The summed E-state index contributed by atoms with van der Waals surface area (Å²) in [6, 6.07) is 9.40. The quantitative estimate of drug-likeness (QED) is 0.577. The summed E-state index contributed by atoms with van der Waals surface area (Å²) in [5, 5.41) is 0. The van der Waals surface area contributed by atoms with E-state index in [1.165, 1.54) is 12.2 Å². The second kappa shape index (κ2) is 5.34. The van der Waals surface area contributed by atoms with Crippen molar-refractivity contribution in [1.29, 1.82) is 0 Å². The van der Waals surface area contributed by atoms with E-state index >= 15 is 0 Å². The summed E-state index contributed by atoms with van der Waals surface area (Å²) >= 11 is 0. The number of rotatable bonds is 3. The van der Waals surface area contributed by atoms with Gasteiger partial charge in [-0.3, -0.25) is 4.55 Å². The molecule has 0 fully saturated rings. The van der Waals surface area contributed by atoms with Crippen molar-refractivity contribution in [2.24, 2.45) is 11.5 Å². The second-order valence-corrected chi connectivity index (χ2v) is 6.16. The summed E-state index contributed by atoms with van der Waals surface area (Å²) < 4.78 is 32.1. The highest BCUT2D eigenvalue weighted by atomic mass is 32.2. The summed E-state index contributed by atoms with van der Waals surface area (Å²) in [4.78, 5) is -0.169. The van der Waals surface area contributed by atoms with Gasteiger partial charge in [0.05, 0.1) is 10.6 Å². The van der Waals surface area contributed by atoms with Gasteiger partial charge in [-0.15, -0.1) is 0 Å². The first-order valence-corrected chi connectivity index (χ1v) is 7.43. The third kappa shape index (κ3) is 3.64. The Morgan fingerprint density at radius 2 is 1.80 bits per heavy atom. The van der Waals surface area contributed by atoms with Crippen molar-refractivity contribution < 1.29 is 13.0 Å². The number of nitrogens with two attached hydrogens (primary N) is 2. The van der Waals surface area contributed by atoms with Crippen molar-refractivity contribution in [1.82, 2.24) is 0 Å². The summed E-state index contributed by atoms with van der Waals surface area (Å²) in [6.07, 6.45) is 6.25. The van der Waals surface area contributed by atoms with Crippen molar-refractivity contribution in [2.75, 3.05) is 0 Å². The Morgan fingerprint density at radius 3 is 2.40 bits per heavy atom. The maximum Gasteiger partial charge on any atom is 0.291 e. The van der Waals surface area contributed by atoms with E-state index in [1.807, 2.05) is 30.3 Å². The lowest BCUT2D eigenvalue weighted by atomic mass is 9.97. The van der Waals surface area contributed by atoms with Gasteiger partial charge in [0.2, 0.25) is 0 Å². The Hall–Kier alpha value is -1.73. The summed E-state index contributed by atoms with van der Waals surface area (Å²) in [6.45, 7) is 0. The van der Waals surface area contributed by atoms with Crippen LogP contribution >= 0.6 is 0 Å². The lowest BCUT2D eigenvalue weighted by Gasteiger charge is -2.25. The van der Waals surface area contributed by atoms with Gasteiger partial charge in [0.25, 0.3) is 10.1 Å². The standard InChI is InChI=1S/C14H16N2O3S/c15-14(16)9-8-12(13(10-14)20(17,18)19)7-6-11-4-2-1-3-5-11/h1-9H,10,15-16H2,(H,17,18,19). The third-order valence-electron chi connectivity index (χ3n) is 2.93. The largest absolute Gasteiger partial charge is 0.310 e. The molecule has 0 amide bonds. The van der Waals surface area contributed by atoms with Crippen LogP contribution in [-0.2, 0) is 10.1 Å². The van der Waals surface area contributed by atoms with E-state index in [2.05, 4.69) is 0 Å². The Morgan fingerprint density at radius 1 is 1.15 bits per heavy atom. The fourth-order valence-corrected chi connectivity index (χ4v) is 2.78.